The van der Waals surface area contributed by atoms with Crippen LogP contribution in [0.4, 0.5) is 5.69 Å². The van der Waals surface area contributed by atoms with Crippen molar-refractivity contribution in [2.75, 3.05) is 12.4 Å². The van der Waals surface area contributed by atoms with Gasteiger partial charge in [-0.2, -0.15) is 0 Å². The van der Waals surface area contributed by atoms with Crippen molar-refractivity contribution >= 4 is 28.4 Å². The van der Waals surface area contributed by atoms with E-state index in [0.29, 0.717) is 22.7 Å². The number of hydrogen-bond donors (Lipinski definition) is 2. The Morgan fingerprint density at radius 2 is 1.83 bits per heavy atom. The standard InChI is InChI=1S/C18H17N3O3/c1-21-14-4-3-5-16(24-2)13(14)10-15(21)18(23)20-12-8-6-11(7-9-12)17(19)22/h3-10H,1-2H3,(H2,19,22)(H,20,23). The second-order valence-corrected chi connectivity index (χ2v) is 5.38. The van der Waals surface area contributed by atoms with Crippen LogP contribution in [0.1, 0.15) is 20.8 Å². The van der Waals surface area contributed by atoms with Crippen molar-refractivity contribution in [3.63, 3.8) is 0 Å². The van der Waals surface area contributed by atoms with Crippen molar-refractivity contribution < 1.29 is 14.3 Å². The zero-order valence-electron chi connectivity index (χ0n) is 13.4. The lowest BCUT2D eigenvalue weighted by atomic mass is 10.2. The maximum absolute atomic E-state index is 12.6. The van der Waals surface area contributed by atoms with Gasteiger partial charge in [0.15, 0.2) is 0 Å². The fourth-order valence-electron chi connectivity index (χ4n) is 2.64. The molecule has 3 N–H and O–H groups in total. The molecule has 2 amide bonds. The summed E-state index contributed by atoms with van der Waals surface area (Å²) >= 11 is 0. The Balaban J connectivity index is 1.91. The van der Waals surface area contributed by atoms with Gasteiger partial charge in [-0.25, -0.2) is 0 Å². The molecule has 6 heteroatoms. The first-order valence-electron chi connectivity index (χ1n) is 7.35. The molecule has 0 fully saturated rings. The first-order chi connectivity index (χ1) is 11.5. The Morgan fingerprint density at radius 3 is 2.46 bits per heavy atom. The lowest BCUT2D eigenvalue weighted by molar-refractivity contribution is 0.0997. The number of aryl methyl sites for hydroxylation is 1. The normalized spacial score (nSPS) is 10.6. The topological polar surface area (TPSA) is 86.3 Å². The summed E-state index contributed by atoms with van der Waals surface area (Å²) in [6.07, 6.45) is 0. The molecule has 3 aromatic rings. The van der Waals surface area contributed by atoms with Crippen molar-refractivity contribution in [2.45, 2.75) is 0 Å². The molecule has 1 aromatic heterocycles. The molecular formula is C18H17N3O3. The fourth-order valence-corrected chi connectivity index (χ4v) is 2.64. The smallest absolute Gasteiger partial charge is 0.272 e. The molecule has 24 heavy (non-hydrogen) atoms. The number of amides is 2. The van der Waals surface area contributed by atoms with Gasteiger partial charge >= 0.3 is 0 Å². The molecule has 0 bridgehead atoms. The van der Waals surface area contributed by atoms with E-state index in [1.54, 1.807) is 37.4 Å². The summed E-state index contributed by atoms with van der Waals surface area (Å²) in [5.41, 5.74) is 7.60. The van der Waals surface area contributed by atoms with Crippen LogP contribution in [0.5, 0.6) is 5.75 Å². The van der Waals surface area contributed by atoms with Crippen molar-refractivity contribution in [3.8, 4) is 5.75 Å². The van der Waals surface area contributed by atoms with Crippen LogP contribution in [-0.4, -0.2) is 23.5 Å². The van der Waals surface area contributed by atoms with Crippen LogP contribution in [0.2, 0.25) is 0 Å². The predicted octanol–water partition coefficient (Wildman–Crippen LogP) is 2.54. The van der Waals surface area contributed by atoms with E-state index in [9.17, 15) is 9.59 Å². The Labute approximate surface area is 138 Å². The predicted molar refractivity (Wildman–Crippen MR) is 92.4 cm³/mol. The lowest BCUT2D eigenvalue weighted by Gasteiger charge is -2.07. The number of primary amides is 1. The van der Waals surface area contributed by atoms with Crippen molar-refractivity contribution in [3.05, 3.63) is 59.8 Å². The first kappa shape index (κ1) is 15.6. The van der Waals surface area contributed by atoms with Gasteiger partial charge in [-0.1, -0.05) is 6.07 Å². The fraction of sp³-hybridized carbons (Fsp3) is 0.111. The number of carbonyl (C=O) groups is 2. The summed E-state index contributed by atoms with van der Waals surface area (Å²) in [5, 5.41) is 3.68. The van der Waals surface area contributed by atoms with Gasteiger partial charge in [-0.05, 0) is 42.5 Å². The minimum Gasteiger partial charge on any atom is -0.496 e. The number of hydrogen-bond acceptors (Lipinski definition) is 3. The SMILES string of the molecule is COc1cccc2c1cc(C(=O)Nc1ccc(C(N)=O)cc1)n2C. The second kappa shape index (κ2) is 6.08. The molecule has 1 heterocycles. The van der Waals surface area contributed by atoms with Gasteiger partial charge in [0.1, 0.15) is 11.4 Å². The minimum absolute atomic E-state index is 0.248. The highest BCUT2D eigenvalue weighted by molar-refractivity contribution is 6.07. The van der Waals surface area contributed by atoms with Crippen LogP contribution < -0.4 is 15.8 Å². The molecular weight excluding hydrogens is 306 g/mol. The van der Waals surface area contributed by atoms with E-state index < -0.39 is 5.91 Å². The highest BCUT2D eigenvalue weighted by Crippen LogP contribution is 2.28. The second-order valence-electron chi connectivity index (χ2n) is 5.38. The van der Waals surface area contributed by atoms with Crippen LogP contribution in [-0.2, 0) is 7.05 Å². The number of benzene rings is 2. The molecule has 0 saturated heterocycles. The average molecular weight is 323 g/mol. The number of rotatable bonds is 4. The third kappa shape index (κ3) is 2.69. The molecule has 0 aliphatic carbocycles. The van der Waals surface area contributed by atoms with Gasteiger partial charge in [-0.15, -0.1) is 0 Å². The van der Waals surface area contributed by atoms with Crippen LogP contribution >= 0.6 is 0 Å². The number of ether oxygens (including phenoxy) is 1. The van der Waals surface area contributed by atoms with Gasteiger partial charge in [0.2, 0.25) is 5.91 Å². The van der Waals surface area contributed by atoms with Gasteiger partial charge in [0.25, 0.3) is 5.91 Å². The Morgan fingerprint density at radius 1 is 1.12 bits per heavy atom. The summed E-state index contributed by atoms with van der Waals surface area (Å²) in [6, 6.07) is 13.9. The number of aromatic nitrogens is 1. The Bertz CT molecular complexity index is 927. The monoisotopic (exact) mass is 323 g/mol. The number of nitrogens with zero attached hydrogens (tertiary/aromatic N) is 1. The summed E-state index contributed by atoms with van der Waals surface area (Å²) in [4.78, 5) is 23.6. The third-order valence-corrected chi connectivity index (χ3v) is 3.93. The maximum Gasteiger partial charge on any atom is 0.272 e. The highest BCUT2D eigenvalue weighted by atomic mass is 16.5. The molecule has 0 unspecified atom stereocenters. The molecule has 0 aliphatic rings. The Kier molecular flexibility index (Phi) is 3.95. The van der Waals surface area contributed by atoms with E-state index in [1.807, 2.05) is 29.8 Å². The quantitative estimate of drug-likeness (QED) is 0.773. The molecule has 0 atom stereocenters. The highest BCUT2D eigenvalue weighted by Gasteiger charge is 2.15. The average Bonchev–Trinajstić information content (AvgIpc) is 2.92. The molecule has 3 rings (SSSR count). The summed E-state index contributed by atoms with van der Waals surface area (Å²) in [6.45, 7) is 0. The zero-order valence-corrected chi connectivity index (χ0v) is 13.4. The molecule has 0 saturated carbocycles. The minimum atomic E-state index is -0.506. The van der Waals surface area contributed by atoms with Gasteiger partial charge in [0.05, 0.1) is 12.6 Å². The van der Waals surface area contributed by atoms with Crippen LogP contribution in [0, 0.1) is 0 Å². The molecule has 0 spiro atoms. The van der Waals surface area contributed by atoms with E-state index >= 15 is 0 Å². The summed E-state index contributed by atoms with van der Waals surface area (Å²) in [7, 11) is 3.43. The van der Waals surface area contributed by atoms with Crippen LogP contribution in [0.3, 0.4) is 0 Å². The molecule has 2 aromatic carbocycles. The maximum atomic E-state index is 12.6. The molecule has 0 radical (unpaired) electrons. The van der Waals surface area contributed by atoms with Crippen molar-refractivity contribution in [1.82, 2.24) is 4.57 Å². The molecule has 6 nitrogen and oxygen atoms in total. The summed E-state index contributed by atoms with van der Waals surface area (Å²) < 4.78 is 7.15. The van der Waals surface area contributed by atoms with Gasteiger partial charge in [0, 0.05) is 23.7 Å². The number of carbonyl (C=O) groups excluding carboxylic acids is 2. The number of nitrogens with one attached hydrogen (secondary N) is 1. The van der Waals surface area contributed by atoms with E-state index in [4.69, 9.17) is 10.5 Å². The summed E-state index contributed by atoms with van der Waals surface area (Å²) in [5.74, 6) is -0.0378. The first-order valence-corrected chi connectivity index (χ1v) is 7.35. The van der Waals surface area contributed by atoms with E-state index in [-0.39, 0.29) is 5.91 Å². The van der Waals surface area contributed by atoms with E-state index in [2.05, 4.69) is 5.32 Å². The number of nitrogens with two attached hydrogens (primary N) is 1. The van der Waals surface area contributed by atoms with Crippen molar-refractivity contribution in [2.24, 2.45) is 12.8 Å². The molecule has 122 valence electrons. The van der Waals surface area contributed by atoms with E-state index in [1.165, 1.54) is 0 Å². The number of methoxy groups -OCH3 is 1. The lowest BCUT2D eigenvalue weighted by Crippen LogP contribution is -2.16. The van der Waals surface area contributed by atoms with Gasteiger partial charge < -0.3 is 20.4 Å². The van der Waals surface area contributed by atoms with Gasteiger partial charge in [-0.3, -0.25) is 9.59 Å². The Hall–Kier alpha value is -3.28. The van der Waals surface area contributed by atoms with Crippen LogP contribution in [0.25, 0.3) is 10.9 Å². The third-order valence-electron chi connectivity index (χ3n) is 3.93. The zero-order chi connectivity index (χ0) is 17.3. The van der Waals surface area contributed by atoms with Crippen LogP contribution in [0.15, 0.2) is 48.5 Å². The van der Waals surface area contributed by atoms with Crippen molar-refractivity contribution in [1.29, 1.82) is 0 Å². The van der Waals surface area contributed by atoms with E-state index in [0.717, 1.165) is 10.9 Å². The number of anilines is 1. The number of fused-ring (bicyclic) bond motifs is 1. The molecule has 0 aliphatic heterocycles. The largest absolute Gasteiger partial charge is 0.496 e.